The lowest BCUT2D eigenvalue weighted by atomic mass is 10.2. The second-order valence-electron chi connectivity index (χ2n) is 4.30. The van der Waals surface area contributed by atoms with Gasteiger partial charge in [-0.15, -0.1) is 0 Å². The highest BCUT2D eigenvalue weighted by atomic mass is 35.5. The van der Waals surface area contributed by atoms with E-state index in [9.17, 15) is 4.79 Å². The third-order valence-electron chi connectivity index (χ3n) is 2.93. The molecule has 0 unspecified atom stereocenters. The summed E-state index contributed by atoms with van der Waals surface area (Å²) < 4.78 is 7.31. The molecule has 0 aliphatic carbocycles. The van der Waals surface area contributed by atoms with E-state index in [-0.39, 0.29) is 5.56 Å². The summed E-state index contributed by atoms with van der Waals surface area (Å²) in [5.41, 5.74) is 1.09. The fourth-order valence-electron chi connectivity index (χ4n) is 1.81. The highest BCUT2D eigenvalue weighted by molar-refractivity contribution is 6.31. The molecule has 5 nitrogen and oxygen atoms in total. The van der Waals surface area contributed by atoms with Crippen molar-refractivity contribution in [3.8, 4) is 5.75 Å². The second-order valence-corrected chi connectivity index (χ2v) is 4.71. The summed E-state index contributed by atoms with van der Waals surface area (Å²) in [6.45, 7) is 2.99. The quantitative estimate of drug-likeness (QED) is 0.832. The first-order valence-corrected chi connectivity index (χ1v) is 6.60. The Morgan fingerprint density at radius 3 is 2.85 bits per heavy atom. The SMILES string of the molecule is Cc1c(Cl)cnn1CCCOc1ccccc1C(=O)O. The van der Waals surface area contributed by atoms with Gasteiger partial charge in [-0.05, 0) is 19.1 Å². The lowest BCUT2D eigenvalue weighted by Gasteiger charge is -2.09. The van der Waals surface area contributed by atoms with Crippen LogP contribution in [-0.4, -0.2) is 27.5 Å². The summed E-state index contributed by atoms with van der Waals surface area (Å²) in [6, 6.07) is 6.60. The van der Waals surface area contributed by atoms with Gasteiger partial charge in [-0.1, -0.05) is 23.7 Å². The zero-order valence-corrected chi connectivity index (χ0v) is 11.8. The molecule has 0 atom stereocenters. The van der Waals surface area contributed by atoms with Crippen molar-refractivity contribution in [2.75, 3.05) is 6.61 Å². The Kier molecular flexibility index (Phi) is 4.63. The molecule has 2 aromatic rings. The standard InChI is InChI=1S/C14H15ClN2O3/c1-10-12(15)9-16-17(10)7-4-8-20-13-6-3-2-5-11(13)14(18)19/h2-3,5-6,9H,4,7-8H2,1H3,(H,18,19). The van der Waals surface area contributed by atoms with Gasteiger partial charge < -0.3 is 9.84 Å². The molecular formula is C14H15ClN2O3. The van der Waals surface area contributed by atoms with Gasteiger partial charge in [-0.2, -0.15) is 5.10 Å². The van der Waals surface area contributed by atoms with E-state index in [1.807, 2.05) is 6.92 Å². The summed E-state index contributed by atoms with van der Waals surface area (Å²) in [4.78, 5) is 11.0. The van der Waals surface area contributed by atoms with E-state index in [2.05, 4.69) is 5.10 Å². The molecule has 0 amide bonds. The number of aromatic carboxylic acids is 1. The molecule has 0 fully saturated rings. The maximum Gasteiger partial charge on any atom is 0.339 e. The van der Waals surface area contributed by atoms with E-state index in [1.165, 1.54) is 6.07 Å². The fourth-order valence-corrected chi connectivity index (χ4v) is 1.96. The number of aryl methyl sites for hydroxylation is 1. The van der Waals surface area contributed by atoms with E-state index in [4.69, 9.17) is 21.4 Å². The van der Waals surface area contributed by atoms with E-state index < -0.39 is 5.97 Å². The van der Waals surface area contributed by atoms with Crippen molar-refractivity contribution >= 4 is 17.6 Å². The molecular weight excluding hydrogens is 280 g/mol. The predicted molar refractivity (Wildman–Crippen MR) is 75.5 cm³/mol. The molecule has 0 bridgehead atoms. The molecule has 106 valence electrons. The number of benzene rings is 1. The van der Waals surface area contributed by atoms with Gasteiger partial charge in [0.25, 0.3) is 0 Å². The maximum atomic E-state index is 11.0. The highest BCUT2D eigenvalue weighted by Crippen LogP contribution is 2.18. The average molecular weight is 295 g/mol. The van der Waals surface area contributed by atoms with Crippen LogP contribution in [0.1, 0.15) is 22.5 Å². The number of halogens is 1. The van der Waals surface area contributed by atoms with Crippen LogP contribution in [0, 0.1) is 6.92 Å². The molecule has 0 aliphatic rings. The van der Waals surface area contributed by atoms with Crippen LogP contribution in [0.2, 0.25) is 5.02 Å². The molecule has 0 saturated carbocycles. The number of carboxylic acids is 1. The molecule has 1 heterocycles. The number of rotatable bonds is 6. The Bertz CT molecular complexity index is 610. The van der Waals surface area contributed by atoms with Gasteiger partial charge >= 0.3 is 5.97 Å². The first-order valence-electron chi connectivity index (χ1n) is 6.22. The molecule has 1 N–H and O–H groups in total. The topological polar surface area (TPSA) is 64.4 Å². The van der Waals surface area contributed by atoms with Crippen LogP contribution in [0.25, 0.3) is 0 Å². The monoisotopic (exact) mass is 294 g/mol. The van der Waals surface area contributed by atoms with Crippen LogP contribution in [0.4, 0.5) is 0 Å². The number of carbonyl (C=O) groups is 1. The summed E-state index contributed by atoms with van der Waals surface area (Å²) in [5.74, 6) is -0.606. The number of aromatic nitrogens is 2. The van der Waals surface area contributed by atoms with Crippen molar-refractivity contribution in [2.24, 2.45) is 0 Å². The van der Waals surface area contributed by atoms with Gasteiger partial charge in [0, 0.05) is 13.0 Å². The normalized spacial score (nSPS) is 10.5. The number of hydrogen-bond acceptors (Lipinski definition) is 3. The number of nitrogens with zero attached hydrogens (tertiary/aromatic N) is 2. The predicted octanol–water partition coefficient (Wildman–Crippen LogP) is 3.01. The van der Waals surface area contributed by atoms with Crippen LogP contribution in [0.3, 0.4) is 0 Å². The van der Waals surface area contributed by atoms with Crippen molar-refractivity contribution in [1.29, 1.82) is 0 Å². The van der Waals surface area contributed by atoms with Crippen molar-refractivity contribution in [2.45, 2.75) is 19.9 Å². The molecule has 0 radical (unpaired) electrons. The van der Waals surface area contributed by atoms with Crippen LogP contribution < -0.4 is 4.74 Å². The first-order chi connectivity index (χ1) is 9.59. The Labute approximate surface area is 121 Å². The molecule has 0 aliphatic heterocycles. The van der Waals surface area contributed by atoms with E-state index in [0.29, 0.717) is 30.3 Å². The lowest BCUT2D eigenvalue weighted by molar-refractivity contribution is 0.0692. The molecule has 20 heavy (non-hydrogen) atoms. The number of carboxylic acid groups (broad SMARTS) is 1. The summed E-state index contributed by atoms with van der Waals surface area (Å²) >= 11 is 5.91. The molecule has 1 aromatic heterocycles. The van der Waals surface area contributed by atoms with E-state index in [1.54, 1.807) is 29.1 Å². The fraction of sp³-hybridized carbons (Fsp3) is 0.286. The minimum absolute atomic E-state index is 0.172. The van der Waals surface area contributed by atoms with Crippen molar-refractivity contribution in [3.63, 3.8) is 0 Å². The summed E-state index contributed by atoms with van der Waals surface area (Å²) in [6.07, 6.45) is 2.32. The Morgan fingerprint density at radius 2 is 2.20 bits per heavy atom. The first kappa shape index (κ1) is 14.4. The van der Waals surface area contributed by atoms with Gasteiger partial charge in [-0.25, -0.2) is 4.79 Å². The third kappa shape index (κ3) is 3.30. The zero-order valence-electron chi connectivity index (χ0n) is 11.0. The summed E-state index contributed by atoms with van der Waals surface area (Å²) in [7, 11) is 0. The van der Waals surface area contributed by atoms with Gasteiger partial charge in [0.1, 0.15) is 11.3 Å². The average Bonchev–Trinajstić information content (AvgIpc) is 2.75. The largest absolute Gasteiger partial charge is 0.493 e. The van der Waals surface area contributed by atoms with Gasteiger partial charge in [0.2, 0.25) is 0 Å². The molecule has 0 saturated heterocycles. The molecule has 2 rings (SSSR count). The molecule has 1 aromatic carbocycles. The zero-order chi connectivity index (χ0) is 14.5. The van der Waals surface area contributed by atoms with Crippen LogP contribution >= 0.6 is 11.6 Å². The van der Waals surface area contributed by atoms with Crippen LogP contribution in [0.15, 0.2) is 30.5 Å². The van der Waals surface area contributed by atoms with Gasteiger partial charge in [-0.3, -0.25) is 4.68 Å². The van der Waals surface area contributed by atoms with Crippen molar-refractivity contribution in [3.05, 3.63) is 46.7 Å². The van der Waals surface area contributed by atoms with Crippen molar-refractivity contribution < 1.29 is 14.6 Å². The highest BCUT2D eigenvalue weighted by Gasteiger charge is 2.10. The van der Waals surface area contributed by atoms with Crippen LogP contribution in [0.5, 0.6) is 5.75 Å². The lowest BCUT2D eigenvalue weighted by Crippen LogP contribution is -2.09. The minimum Gasteiger partial charge on any atom is -0.493 e. The van der Waals surface area contributed by atoms with Crippen molar-refractivity contribution in [1.82, 2.24) is 9.78 Å². The third-order valence-corrected chi connectivity index (χ3v) is 3.30. The molecule has 6 heteroatoms. The number of para-hydroxylation sites is 1. The van der Waals surface area contributed by atoms with Crippen LogP contribution in [-0.2, 0) is 6.54 Å². The maximum absolute atomic E-state index is 11.0. The second kappa shape index (κ2) is 6.43. The Hall–Kier alpha value is -2.01. The smallest absolute Gasteiger partial charge is 0.339 e. The Balaban J connectivity index is 1.88. The molecule has 0 spiro atoms. The van der Waals surface area contributed by atoms with Gasteiger partial charge in [0.05, 0.1) is 23.5 Å². The number of ether oxygens (including phenoxy) is 1. The van der Waals surface area contributed by atoms with Gasteiger partial charge in [0.15, 0.2) is 0 Å². The number of hydrogen-bond donors (Lipinski definition) is 1. The van der Waals surface area contributed by atoms with E-state index in [0.717, 1.165) is 5.69 Å². The Morgan fingerprint density at radius 1 is 1.45 bits per heavy atom. The van der Waals surface area contributed by atoms with E-state index >= 15 is 0 Å². The summed E-state index contributed by atoms with van der Waals surface area (Å²) in [5, 5.41) is 13.8. The minimum atomic E-state index is -0.990.